The molecule has 0 aliphatic heterocycles. The van der Waals surface area contributed by atoms with Crippen LogP contribution in [0.4, 0.5) is 5.69 Å². The van der Waals surface area contributed by atoms with E-state index in [4.69, 9.17) is 23.2 Å². The number of amides is 2. The number of rotatable bonds is 5. The van der Waals surface area contributed by atoms with Crippen LogP contribution in [0.3, 0.4) is 0 Å². The number of carbonyl (C=O) groups excluding carboxylic acids is 2. The highest BCUT2D eigenvalue weighted by Crippen LogP contribution is 2.29. The summed E-state index contributed by atoms with van der Waals surface area (Å²) in [6, 6.07) is 12.7. The number of para-hydroxylation sites is 1. The lowest BCUT2D eigenvalue weighted by molar-refractivity contribution is -0.126. The van der Waals surface area contributed by atoms with Crippen molar-refractivity contribution < 1.29 is 9.59 Å². The molecule has 120 valence electrons. The van der Waals surface area contributed by atoms with Crippen LogP contribution < -0.4 is 10.6 Å². The maximum absolute atomic E-state index is 11.9. The Kier molecular flexibility index (Phi) is 6.02. The van der Waals surface area contributed by atoms with Gasteiger partial charge in [-0.05, 0) is 24.6 Å². The second kappa shape index (κ2) is 7.99. The highest BCUT2D eigenvalue weighted by molar-refractivity contribution is 6.39. The molecule has 0 unspecified atom stereocenters. The normalized spacial score (nSPS) is 10.2. The van der Waals surface area contributed by atoms with Crippen molar-refractivity contribution in [1.29, 1.82) is 0 Å². The first-order chi connectivity index (χ1) is 11.0. The molecule has 2 amide bonds. The molecule has 0 spiro atoms. The molecule has 6 heteroatoms. The van der Waals surface area contributed by atoms with Gasteiger partial charge in [0.15, 0.2) is 0 Å². The highest BCUT2D eigenvalue weighted by Gasteiger charge is 2.13. The lowest BCUT2D eigenvalue weighted by Crippen LogP contribution is -2.27. The van der Waals surface area contributed by atoms with Crippen LogP contribution in [-0.4, -0.2) is 11.8 Å². The third-order valence-corrected chi connectivity index (χ3v) is 3.79. The first kappa shape index (κ1) is 17.3. The van der Waals surface area contributed by atoms with Gasteiger partial charge in [0.2, 0.25) is 11.8 Å². The largest absolute Gasteiger partial charge is 0.352 e. The number of benzene rings is 2. The zero-order valence-corrected chi connectivity index (χ0v) is 14.0. The predicted molar refractivity (Wildman–Crippen MR) is 92.7 cm³/mol. The zero-order valence-electron chi connectivity index (χ0n) is 12.5. The maximum Gasteiger partial charge on any atom is 0.233 e. The second-order valence-electron chi connectivity index (χ2n) is 5.08. The van der Waals surface area contributed by atoms with E-state index in [1.807, 2.05) is 31.2 Å². The van der Waals surface area contributed by atoms with Gasteiger partial charge in [0, 0.05) is 6.54 Å². The Labute approximate surface area is 144 Å². The average Bonchev–Trinajstić information content (AvgIpc) is 2.50. The summed E-state index contributed by atoms with van der Waals surface area (Å²) in [6.07, 6.45) is -0.298. The molecule has 0 heterocycles. The standard InChI is InChI=1S/C17H16Cl2N2O2/c1-11-5-7-12(8-6-11)10-20-15(22)9-16(23)21-17-13(18)3-2-4-14(17)19/h2-8H,9-10H2,1H3,(H,20,22)(H,21,23). The Bertz CT molecular complexity index is 695. The van der Waals surface area contributed by atoms with Crippen molar-refractivity contribution >= 4 is 40.7 Å². The summed E-state index contributed by atoms with van der Waals surface area (Å²) in [5, 5.41) is 5.90. The molecule has 4 nitrogen and oxygen atoms in total. The van der Waals surface area contributed by atoms with Crippen LogP contribution in [0.2, 0.25) is 10.0 Å². The molecular formula is C17H16Cl2N2O2. The molecule has 2 aromatic carbocycles. The summed E-state index contributed by atoms with van der Waals surface area (Å²) in [6.45, 7) is 2.37. The molecule has 0 aliphatic carbocycles. The van der Waals surface area contributed by atoms with E-state index < -0.39 is 5.91 Å². The smallest absolute Gasteiger partial charge is 0.233 e. The Hall–Kier alpha value is -2.04. The monoisotopic (exact) mass is 350 g/mol. The Morgan fingerprint density at radius 2 is 1.57 bits per heavy atom. The molecule has 0 aliphatic rings. The third kappa shape index (κ3) is 5.27. The molecule has 0 radical (unpaired) electrons. The van der Waals surface area contributed by atoms with Crippen molar-refractivity contribution in [2.75, 3.05) is 5.32 Å². The van der Waals surface area contributed by atoms with Gasteiger partial charge < -0.3 is 10.6 Å². The van der Waals surface area contributed by atoms with Gasteiger partial charge in [0.05, 0.1) is 15.7 Å². The molecular weight excluding hydrogens is 335 g/mol. The van der Waals surface area contributed by atoms with Gasteiger partial charge >= 0.3 is 0 Å². The molecule has 0 bridgehead atoms. The number of hydrogen-bond acceptors (Lipinski definition) is 2. The van der Waals surface area contributed by atoms with Crippen molar-refractivity contribution in [1.82, 2.24) is 5.32 Å². The van der Waals surface area contributed by atoms with Crippen LogP contribution in [0.5, 0.6) is 0 Å². The lowest BCUT2D eigenvalue weighted by atomic mass is 10.1. The number of hydrogen-bond donors (Lipinski definition) is 2. The maximum atomic E-state index is 11.9. The van der Waals surface area contributed by atoms with Crippen LogP contribution in [-0.2, 0) is 16.1 Å². The lowest BCUT2D eigenvalue weighted by Gasteiger charge is -2.09. The summed E-state index contributed by atoms with van der Waals surface area (Å²) < 4.78 is 0. The van der Waals surface area contributed by atoms with Crippen molar-refractivity contribution in [2.24, 2.45) is 0 Å². The first-order valence-corrected chi connectivity index (χ1v) is 7.77. The van der Waals surface area contributed by atoms with E-state index in [-0.39, 0.29) is 12.3 Å². The van der Waals surface area contributed by atoms with Crippen LogP contribution in [0.25, 0.3) is 0 Å². The van der Waals surface area contributed by atoms with Crippen LogP contribution in [0.15, 0.2) is 42.5 Å². The fourth-order valence-electron chi connectivity index (χ4n) is 1.92. The molecule has 0 fully saturated rings. The molecule has 2 aromatic rings. The average molecular weight is 351 g/mol. The van der Waals surface area contributed by atoms with Gasteiger partial charge in [-0.15, -0.1) is 0 Å². The number of carbonyl (C=O) groups is 2. The topological polar surface area (TPSA) is 58.2 Å². The number of anilines is 1. The highest BCUT2D eigenvalue weighted by atomic mass is 35.5. The number of aryl methyl sites for hydroxylation is 1. The van der Waals surface area contributed by atoms with E-state index in [9.17, 15) is 9.59 Å². The summed E-state index contributed by atoms with van der Waals surface area (Å²) in [5.74, 6) is -0.840. The molecule has 0 aromatic heterocycles. The van der Waals surface area contributed by atoms with E-state index in [1.165, 1.54) is 0 Å². The summed E-state index contributed by atoms with van der Waals surface area (Å²) in [7, 11) is 0. The second-order valence-corrected chi connectivity index (χ2v) is 5.90. The first-order valence-electron chi connectivity index (χ1n) is 7.02. The van der Waals surface area contributed by atoms with E-state index >= 15 is 0 Å². The quantitative estimate of drug-likeness (QED) is 0.802. The van der Waals surface area contributed by atoms with Crippen molar-refractivity contribution in [3.8, 4) is 0 Å². The molecule has 2 rings (SSSR count). The predicted octanol–water partition coefficient (Wildman–Crippen LogP) is 3.95. The SMILES string of the molecule is Cc1ccc(CNC(=O)CC(=O)Nc2c(Cl)cccc2Cl)cc1. The fraction of sp³-hybridized carbons (Fsp3) is 0.176. The van der Waals surface area contributed by atoms with Crippen molar-refractivity contribution in [3.63, 3.8) is 0 Å². The van der Waals surface area contributed by atoms with E-state index in [0.717, 1.165) is 11.1 Å². The summed E-state index contributed by atoms with van der Waals surface area (Å²) >= 11 is 11.9. The molecule has 0 saturated carbocycles. The minimum absolute atomic E-state index is 0.298. The zero-order chi connectivity index (χ0) is 16.8. The molecule has 0 atom stereocenters. The van der Waals surface area contributed by atoms with Crippen LogP contribution >= 0.6 is 23.2 Å². The van der Waals surface area contributed by atoms with Gasteiger partial charge in [0.1, 0.15) is 6.42 Å². The van der Waals surface area contributed by atoms with Gasteiger partial charge in [0.25, 0.3) is 0 Å². The third-order valence-electron chi connectivity index (χ3n) is 3.16. The van der Waals surface area contributed by atoms with Gasteiger partial charge in [-0.2, -0.15) is 0 Å². The fourth-order valence-corrected chi connectivity index (χ4v) is 2.41. The molecule has 0 saturated heterocycles. The summed E-state index contributed by atoms with van der Waals surface area (Å²) in [5.41, 5.74) is 2.43. The molecule has 2 N–H and O–H groups in total. The Morgan fingerprint density at radius 1 is 0.957 bits per heavy atom. The Morgan fingerprint density at radius 3 is 2.17 bits per heavy atom. The van der Waals surface area contributed by atoms with Gasteiger partial charge in [-0.1, -0.05) is 59.1 Å². The number of halogens is 2. The van der Waals surface area contributed by atoms with Crippen molar-refractivity contribution in [3.05, 3.63) is 63.6 Å². The van der Waals surface area contributed by atoms with Crippen LogP contribution in [0, 0.1) is 6.92 Å². The van der Waals surface area contributed by atoms with E-state index in [0.29, 0.717) is 22.3 Å². The van der Waals surface area contributed by atoms with Gasteiger partial charge in [-0.25, -0.2) is 0 Å². The minimum atomic E-state index is -0.471. The summed E-state index contributed by atoms with van der Waals surface area (Å²) in [4.78, 5) is 23.7. The number of nitrogens with one attached hydrogen (secondary N) is 2. The van der Waals surface area contributed by atoms with Crippen molar-refractivity contribution in [2.45, 2.75) is 19.9 Å². The van der Waals surface area contributed by atoms with Gasteiger partial charge in [-0.3, -0.25) is 9.59 Å². The van der Waals surface area contributed by atoms with Crippen LogP contribution in [0.1, 0.15) is 17.5 Å². The minimum Gasteiger partial charge on any atom is -0.352 e. The molecule has 23 heavy (non-hydrogen) atoms. The van der Waals surface area contributed by atoms with E-state index in [2.05, 4.69) is 10.6 Å². The van der Waals surface area contributed by atoms with E-state index in [1.54, 1.807) is 18.2 Å². The Balaban J connectivity index is 1.85.